The lowest BCUT2D eigenvalue weighted by molar-refractivity contribution is 0.495. The summed E-state index contributed by atoms with van der Waals surface area (Å²) in [6.45, 7) is 0. The highest BCUT2D eigenvalue weighted by Gasteiger charge is 2.24. The average molecular weight is 676 g/mol. The molecule has 4 heteroatoms. The number of fused-ring (bicyclic) bond motifs is 1. The van der Waals surface area contributed by atoms with Crippen LogP contribution in [0.1, 0.15) is 0 Å². The summed E-state index contributed by atoms with van der Waals surface area (Å²) in [5.74, 6) is 3.68. The summed E-state index contributed by atoms with van der Waals surface area (Å²) in [6, 6.07) is 61.4. The van der Waals surface area contributed by atoms with Gasteiger partial charge in [0, 0.05) is 38.4 Å². The molecule has 0 bridgehead atoms. The number of benzene rings is 9. The molecule has 0 aliphatic carbocycles. The number of hydrogen-bond donors (Lipinski definition) is 0. The van der Waals surface area contributed by atoms with Gasteiger partial charge < -0.3 is 4.74 Å². The van der Waals surface area contributed by atoms with Gasteiger partial charge in [-0.25, -0.2) is 15.0 Å². The number of aromatic nitrogens is 3. The van der Waals surface area contributed by atoms with Crippen molar-refractivity contribution in [3.63, 3.8) is 0 Å². The van der Waals surface area contributed by atoms with E-state index in [1.807, 2.05) is 36.4 Å². The van der Waals surface area contributed by atoms with Gasteiger partial charge in [0.05, 0.1) is 0 Å². The van der Waals surface area contributed by atoms with Crippen LogP contribution in [0.25, 0.3) is 99.5 Å². The molecule has 0 amide bonds. The Labute approximate surface area is 305 Å². The molecule has 53 heavy (non-hydrogen) atoms. The van der Waals surface area contributed by atoms with E-state index in [1.165, 1.54) is 32.5 Å². The van der Waals surface area contributed by atoms with E-state index in [0.29, 0.717) is 17.5 Å². The maximum atomic E-state index is 6.87. The molecule has 2 heterocycles. The summed E-state index contributed by atoms with van der Waals surface area (Å²) < 4.78 is 6.87. The first-order valence-corrected chi connectivity index (χ1v) is 17.9. The fourth-order valence-corrected chi connectivity index (χ4v) is 7.98. The summed E-state index contributed by atoms with van der Waals surface area (Å²) >= 11 is 0. The van der Waals surface area contributed by atoms with E-state index in [1.54, 1.807) is 0 Å². The van der Waals surface area contributed by atoms with Crippen LogP contribution in [0.2, 0.25) is 0 Å². The van der Waals surface area contributed by atoms with Crippen LogP contribution >= 0.6 is 0 Å². The highest BCUT2D eigenvalue weighted by atomic mass is 16.5. The highest BCUT2D eigenvalue weighted by molar-refractivity contribution is 6.26. The Morgan fingerprint density at radius 1 is 0.302 bits per heavy atom. The predicted molar refractivity (Wildman–Crippen MR) is 217 cm³/mol. The molecule has 9 aromatic carbocycles. The number of rotatable bonds is 5. The predicted octanol–water partition coefficient (Wildman–Crippen LogP) is 12.9. The quantitative estimate of drug-likeness (QED) is 0.170. The Morgan fingerprint density at radius 3 is 1.53 bits per heavy atom. The smallest absolute Gasteiger partial charge is 0.164 e. The fraction of sp³-hybridized carbons (Fsp3) is 0. The highest BCUT2D eigenvalue weighted by Crippen LogP contribution is 2.51. The molecule has 0 radical (unpaired) electrons. The van der Waals surface area contributed by atoms with Crippen molar-refractivity contribution >= 4 is 43.1 Å². The zero-order valence-electron chi connectivity index (χ0n) is 28.5. The van der Waals surface area contributed by atoms with Gasteiger partial charge in [0.25, 0.3) is 0 Å². The Morgan fingerprint density at radius 2 is 0.811 bits per heavy atom. The molecule has 246 valence electrons. The summed E-state index contributed by atoms with van der Waals surface area (Å²) in [7, 11) is 0. The van der Waals surface area contributed by atoms with Crippen molar-refractivity contribution in [1.82, 2.24) is 15.0 Å². The van der Waals surface area contributed by atoms with E-state index < -0.39 is 0 Å². The van der Waals surface area contributed by atoms with E-state index in [9.17, 15) is 0 Å². The van der Waals surface area contributed by atoms with Crippen molar-refractivity contribution in [2.24, 2.45) is 0 Å². The van der Waals surface area contributed by atoms with E-state index in [2.05, 4.69) is 140 Å². The molecule has 1 aliphatic heterocycles. The van der Waals surface area contributed by atoms with Gasteiger partial charge in [0.1, 0.15) is 11.5 Å². The van der Waals surface area contributed by atoms with E-state index in [4.69, 9.17) is 19.7 Å². The monoisotopic (exact) mass is 675 g/mol. The second-order valence-corrected chi connectivity index (χ2v) is 13.5. The van der Waals surface area contributed by atoms with Crippen molar-refractivity contribution in [3.05, 3.63) is 176 Å². The lowest BCUT2D eigenvalue weighted by atomic mass is 9.89. The Kier molecular flexibility index (Phi) is 6.52. The third-order valence-electron chi connectivity index (χ3n) is 10.5. The van der Waals surface area contributed by atoms with Crippen LogP contribution in [-0.2, 0) is 0 Å². The molecule has 0 saturated heterocycles. The van der Waals surface area contributed by atoms with E-state index in [-0.39, 0.29) is 0 Å². The molecule has 1 aromatic heterocycles. The maximum Gasteiger partial charge on any atom is 0.164 e. The molecule has 4 nitrogen and oxygen atoms in total. The van der Waals surface area contributed by atoms with Crippen molar-refractivity contribution in [2.75, 3.05) is 0 Å². The molecule has 0 N–H and O–H groups in total. The van der Waals surface area contributed by atoms with Crippen molar-refractivity contribution in [1.29, 1.82) is 0 Å². The normalized spacial score (nSPS) is 11.9. The van der Waals surface area contributed by atoms with Gasteiger partial charge in [0.2, 0.25) is 0 Å². The number of nitrogens with zero attached hydrogens (tertiary/aromatic N) is 3. The van der Waals surface area contributed by atoms with Crippen molar-refractivity contribution in [2.45, 2.75) is 0 Å². The minimum atomic E-state index is 0.627. The zero-order chi connectivity index (χ0) is 34.9. The first-order chi connectivity index (χ1) is 26.3. The lowest BCUT2D eigenvalue weighted by Crippen LogP contribution is -2.01. The molecule has 0 spiro atoms. The number of hydrogen-bond acceptors (Lipinski definition) is 4. The third-order valence-corrected chi connectivity index (χ3v) is 10.5. The third kappa shape index (κ3) is 4.73. The van der Waals surface area contributed by atoms with Gasteiger partial charge in [-0.05, 0) is 55.8 Å². The lowest BCUT2D eigenvalue weighted by Gasteiger charge is -2.23. The van der Waals surface area contributed by atoms with Crippen LogP contribution in [-0.4, -0.2) is 15.0 Å². The van der Waals surface area contributed by atoms with Crippen LogP contribution in [0.15, 0.2) is 176 Å². The van der Waals surface area contributed by atoms with Gasteiger partial charge in [0.15, 0.2) is 17.5 Å². The molecule has 1 aliphatic rings. The van der Waals surface area contributed by atoms with Gasteiger partial charge >= 0.3 is 0 Å². The standard InChI is InChI=1S/C49H29N3O/c1-3-10-30(11-4-1)31-20-26-36(27-21-31)48-50-47(35-12-5-2-6-13-35)51-49(52-48)41-18-9-15-37-38(16-8-17-39(37)41)40-29-28-34-25-24-33-23-22-32-14-7-19-42-43(32)44(33)45(34)46(40)53-42/h1-29H. The second kappa shape index (κ2) is 11.7. The van der Waals surface area contributed by atoms with Gasteiger partial charge in [-0.3, -0.25) is 0 Å². The average Bonchev–Trinajstić information content (AvgIpc) is 3.24. The van der Waals surface area contributed by atoms with Gasteiger partial charge in [-0.2, -0.15) is 0 Å². The fourth-order valence-electron chi connectivity index (χ4n) is 7.98. The summed E-state index contributed by atoms with van der Waals surface area (Å²) in [6.07, 6.45) is 0. The van der Waals surface area contributed by atoms with Crippen LogP contribution in [0.4, 0.5) is 0 Å². The Balaban J connectivity index is 1.10. The van der Waals surface area contributed by atoms with Crippen LogP contribution in [0, 0.1) is 0 Å². The largest absolute Gasteiger partial charge is 0.455 e. The Hall–Kier alpha value is -7.17. The van der Waals surface area contributed by atoms with Gasteiger partial charge in [-0.1, -0.05) is 164 Å². The topological polar surface area (TPSA) is 47.9 Å². The van der Waals surface area contributed by atoms with E-state index in [0.717, 1.165) is 61.0 Å². The summed E-state index contributed by atoms with van der Waals surface area (Å²) in [5, 5.41) is 9.32. The van der Waals surface area contributed by atoms with Gasteiger partial charge in [-0.15, -0.1) is 0 Å². The minimum absolute atomic E-state index is 0.627. The van der Waals surface area contributed by atoms with Crippen molar-refractivity contribution in [3.8, 4) is 67.9 Å². The molecule has 0 unspecified atom stereocenters. The molecular weight excluding hydrogens is 647 g/mol. The minimum Gasteiger partial charge on any atom is -0.455 e. The summed E-state index contributed by atoms with van der Waals surface area (Å²) in [4.78, 5) is 15.3. The first-order valence-electron chi connectivity index (χ1n) is 17.9. The SMILES string of the molecule is c1ccc(-c2ccc(-c3nc(-c4ccccc4)nc(-c4cccc5c(-c6ccc7ccc8ccc9cccc%10c9c8c7c6O%10)cccc45)n3)cc2)cc1. The number of ether oxygens (including phenoxy) is 1. The van der Waals surface area contributed by atoms with E-state index >= 15 is 0 Å². The molecule has 0 atom stereocenters. The molecule has 11 rings (SSSR count). The molecule has 0 fully saturated rings. The molecule has 0 saturated carbocycles. The van der Waals surface area contributed by atoms with Crippen LogP contribution in [0.5, 0.6) is 11.5 Å². The van der Waals surface area contributed by atoms with Crippen LogP contribution in [0.3, 0.4) is 0 Å². The molecular formula is C49H29N3O. The summed E-state index contributed by atoms with van der Waals surface area (Å²) in [5.41, 5.74) is 7.28. The van der Waals surface area contributed by atoms with Crippen molar-refractivity contribution < 1.29 is 4.74 Å². The second-order valence-electron chi connectivity index (χ2n) is 13.5. The Bertz CT molecular complexity index is 3060. The molecule has 10 aromatic rings. The zero-order valence-corrected chi connectivity index (χ0v) is 28.5. The van der Waals surface area contributed by atoms with Crippen LogP contribution < -0.4 is 4.74 Å². The first kappa shape index (κ1) is 29.5. The maximum absolute atomic E-state index is 6.87.